The van der Waals surface area contributed by atoms with Gasteiger partial charge in [0.15, 0.2) is 11.5 Å². The van der Waals surface area contributed by atoms with Crippen LogP contribution < -0.4 is 14.8 Å². The summed E-state index contributed by atoms with van der Waals surface area (Å²) in [7, 11) is 4.45. The Labute approximate surface area is 156 Å². The number of esters is 1. The third kappa shape index (κ3) is 4.92. The van der Waals surface area contributed by atoms with E-state index < -0.39 is 5.97 Å². The number of hydrogen-bond acceptors (Lipinski definition) is 6. The molecule has 1 atom stereocenters. The minimum atomic E-state index is -0.450. The van der Waals surface area contributed by atoms with Crippen molar-refractivity contribution >= 4 is 29.3 Å². The molecule has 6 nitrogen and oxygen atoms in total. The summed E-state index contributed by atoms with van der Waals surface area (Å²) in [6.45, 7) is 1.81. The molecule has 0 fully saturated rings. The van der Waals surface area contributed by atoms with Crippen LogP contribution in [0.3, 0.4) is 0 Å². The van der Waals surface area contributed by atoms with E-state index in [1.54, 1.807) is 51.5 Å². The number of hydrogen-bond donors (Lipinski definition) is 1. The number of amides is 1. The molecule has 2 aromatic carbocycles. The van der Waals surface area contributed by atoms with Crippen LogP contribution in [0.5, 0.6) is 11.5 Å². The lowest BCUT2D eigenvalue weighted by molar-refractivity contribution is -0.115. The molecule has 1 amide bonds. The Hall–Kier alpha value is -2.67. The second kappa shape index (κ2) is 9.15. The SMILES string of the molecule is COC(=O)c1cccc(NC(=O)[C@H](C)Sc2ccc(OC)c(OC)c2)c1. The van der Waals surface area contributed by atoms with Crippen molar-refractivity contribution in [3.05, 3.63) is 48.0 Å². The van der Waals surface area contributed by atoms with Crippen LogP contribution in [0.15, 0.2) is 47.4 Å². The first-order valence-corrected chi connectivity index (χ1v) is 8.74. The summed E-state index contributed by atoms with van der Waals surface area (Å²) >= 11 is 1.40. The molecule has 26 heavy (non-hydrogen) atoms. The first kappa shape index (κ1) is 19.7. The summed E-state index contributed by atoms with van der Waals surface area (Å²) in [4.78, 5) is 24.9. The number of anilines is 1. The fraction of sp³-hybridized carbons (Fsp3) is 0.263. The Kier molecular flexibility index (Phi) is 6.91. The molecule has 0 radical (unpaired) electrons. The largest absolute Gasteiger partial charge is 0.493 e. The fourth-order valence-electron chi connectivity index (χ4n) is 2.23. The van der Waals surface area contributed by atoms with Gasteiger partial charge >= 0.3 is 5.97 Å². The number of nitrogens with one attached hydrogen (secondary N) is 1. The average Bonchev–Trinajstić information content (AvgIpc) is 2.67. The molecule has 0 aromatic heterocycles. The molecule has 1 N–H and O–H groups in total. The van der Waals surface area contributed by atoms with Crippen molar-refractivity contribution in [3.63, 3.8) is 0 Å². The van der Waals surface area contributed by atoms with Gasteiger partial charge in [-0.15, -0.1) is 11.8 Å². The summed E-state index contributed by atoms with van der Waals surface area (Å²) < 4.78 is 15.2. The molecule has 0 aliphatic carbocycles. The molecule has 0 unspecified atom stereocenters. The van der Waals surface area contributed by atoms with E-state index in [-0.39, 0.29) is 11.2 Å². The Morgan fingerprint density at radius 1 is 1.00 bits per heavy atom. The van der Waals surface area contributed by atoms with E-state index in [4.69, 9.17) is 9.47 Å². The van der Waals surface area contributed by atoms with Crippen molar-refractivity contribution in [3.8, 4) is 11.5 Å². The van der Waals surface area contributed by atoms with Gasteiger partial charge in [-0.25, -0.2) is 4.79 Å². The topological polar surface area (TPSA) is 73.9 Å². The first-order chi connectivity index (χ1) is 12.5. The molecule has 0 saturated heterocycles. The van der Waals surface area contributed by atoms with Crippen LogP contribution in [0, 0.1) is 0 Å². The molecule has 7 heteroatoms. The number of benzene rings is 2. The quantitative estimate of drug-likeness (QED) is 0.589. The van der Waals surface area contributed by atoms with Crippen LogP contribution in [0.25, 0.3) is 0 Å². The van der Waals surface area contributed by atoms with Gasteiger partial charge in [0.05, 0.1) is 32.1 Å². The maximum Gasteiger partial charge on any atom is 0.337 e. The van der Waals surface area contributed by atoms with Crippen molar-refractivity contribution in [2.45, 2.75) is 17.1 Å². The standard InChI is InChI=1S/C19H21NO5S/c1-12(26-15-8-9-16(23-2)17(11-15)24-3)18(21)20-14-7-5-6-13(10-14)19(22)25-4/h5-12H,1-4H3,(H,20,21)/t12-/m0/s1. The molecular formula is C19H21NO5S. The number of rotatable bonds is 7. The molecule has 0 saturated carbocycles. The Balaban J connectivity index is 2.05. The highest BCUT2D eigenvalue weighted by Gasteiger charge is 2.16. The Morgan fingerprint density at radius 3 is 2.38 bits per heavy atom. The molecule has 0 bridgehead atoms. The highest BCUT2D eigenvalue weighted by Crippen LogP contribution is 2.33. The second-order valence-corrected chi connectivity index (χ2v) is 6.75. The van der Waals surface area contributed by atoms with Gasteiger partial charge in [-0.1, -0.05) is 6.07 Å². The van der Waals surface area contributed by atoms with Crippen molar-refractivity contribution in [1.82, 2.24) is 0 Å². The summed E-state index contributed by atoms with van der Waals surface area (Å²) in [5.74, 6) is 0.616. The van der Waals surface area contributed by atoms with Crippen LogP contribution >= 0.6 is 11.8 Å². The third-order valence-corrected chi connectivity index (χ3v) is 4.68. The van der Waals surface area contributed by atoms with Gasteiger partial charge < -0.3 is 19.5 Å². The predicted molar refractivity (Wildman–Crippen MR) is 101 cm³/mol. The lowest BCUT2D eigenvalue weighted by Crippen LogP contribution is -2.22. The molecule has 0 spiro atoms. The van der Waals surface area contributed by atoms with E-state index in [0.717, 1.165) is 4.90 Å². The highest BCUT2D eigenvalue weighted by molar-refractivity contribution is 8.00. The monoisotopic (exact) mass is 375 g/mol. The minimum absolute atomic E-state index is 0.174. The van der Waals surface area contributed by atoms with Crippen molar-refractivity contribution in [2.75, 3.05) is 26.6 Å². The van der Waals surface area contributed by atoms with Crippen molar-refractivity contribution in [2.24, 2.45) is 0 Å². The fourth-order valence-corrected chi connectivity index (χ4v) is 3.13. The third-order valence-electron chi connectivity index (χ3n) is 3.59. The zero-order chi connectivity index (χ0) is 19.1. The molecule has 2 rings (SSSR count). The van der Waals surface area contributed by atoms with E-state index in [1.807, 2.05) is 12.1 Å². The Bertz CT molecular complexity index is 793. The summed E-state index contributed by atoms with van der Waals surface area (Å²) in [6, 6.07) is 12.1. The van der Waals surface area contributed by atoms with Crippen LogP contribution in [-0.4, -0.2) is 38.5 Å². The van der Waals surface area contributed by atoms with Gasteiger partial charge in [-0.3, -0.25) is 4.79 Å². The molecule has 2 aromatic rings. The zero-order valence-electron chi connectivity index (χ0n) is 15.1. The van der Waals surface area contributed by atoms with Crippen molar-refractivity contribution < 1.29 is 23.8 Å². The number of carbonyl (C=O) groups is 2. The summed E-state index contributed by atoms with van der Waals surface area (Å²) in [5.41, 5.74) is 0.920. The van der Waals surface area contributed by atoms with Crippen LogP contribution in [0.1, 0.15) is 17.3 Å². The lowest BCUT2D eigenvalue weighted by atomic mass is 10.2. The summed E-state index contributed by atoms with van der Waals surface area (Å²) in [5, 5.41) is 2.46. The Morgan fingerprint density at radius 2 is 1.73 bits per heavy atom. The predicted octanol–water partition coefficient (Wildman–Crippen LogP) is 3.61. The minimum Gasteiger partial charge on any atom is -0.493 e. The average molecular weight is 375 g/mol. The molecule has 0 heterocycles. The molecule has 0 aliphatic heterocycles. The lowest BCUT2D eigenvalue weighted by Gasteiger charge is -2.14. The van der Waals surface area contributed by atoms with Gasteiger partial charge in [-0.05, 0) is 43.3 Å². The zero-order valence-corrected chi connectivity index (χ0v) is 15.9. The normalized spacial score (nSPS) is 11.4. The smallest absolute Gasteiger partial charge is 0.337 e. The van der Waals surface area contributed by atoms with Gasteiger partial charge in [0.25, 0.3) is 0 Å². The summed E-state index contributed by atoms with van der Waals surface area (Å²) in [6.07, 6.45) is 0. The van der Waals surface area contributed by atoms with Gasteiger partial charge in [0.1, 0.15) is 0 Å². The van der Waals surface area contributed by atoms with Gasteiger partial charge in [0, 0.05) is 10.6 Å². The van der Waals surface area contributed by atoms with E-state index in [2.05, 4.69) is 10.1 Å². The number of ether oxygens (including phenoxy) is 3. The number of thioether (sulfide) groups is 1. The number of carbonyl (C=O) groups excluding carboxylic acids is 2. The maximum absolute atomic E-state index is 12.4. The maximum atomic E-state index is 12.4. The molecule has 0 aliphatic rings. The van der Waals surface area contributed by atoms with E-state index in [9.17, 15) is 9.59 Å². The van der Waals surface area contributed by atoms with Crippen LogP contribution in [-0.2, 0) is 9.53 Å². The van der Waals surface area contributed by atoms with E-state index >= 15 is 0 Å². The van der Waals surface area contributed by atoms with E-state index in [1.165, 1.54) is 18.9 Å². The highest BCUT2D eigenvalue weighted by atomic mass is 32.2. The van der Waals surface area contributed by atoms with Crippen LogP contribution in [0.2, 0.25) is 0 Å². The second-order valence-electron chi connectivity index (χ2n) is 5.34. The number of methoxy groups -OCH3 is 3. The molecular weight excluding hydrogens is 354 g/mol. The van der Waals surface area contributed by atoms with Crippen molar-refractivity contribution in [1.29, 1.82) is 0 Å². The van der Waals surface area contributed by atoms with E-state index in [0.29, 0.717) is 22.7 Å². The van der Waals surface area contributed by atoms with Gasteiger partial charge in [-0.2, -0.15) is 0 Å². The van der Waals surface area contributed by atoms with Crippen LogP contribution in [0.4, 0.5) is 5.69 Å². The first-order valence-electron chi connectivity index (χ1n) is 7.86. The molecule has 138 valence electrons. The van der Waals surface area contributed by atoms with Gasteiger partial charge in [0.2, 0.25) is 5.91 Å².